The molecule has 0 aliphatic rings. The van der Waals surface area contributed by atoms with Crippen LogP contribution in [0.2, 0.25) is 5.02 Å². The van der Waals surface area contributed by atoms with Gasteiger partial charge in [0.05, 0.1) is 6.54 Å². The van der Waals surface area contributed by atoms with Gasteiger partial charge < -0.3 is 9.30 Å². The second-order valence-electron chi connectivity index (χ2n) is 7.62. The molecule has 0 saturated carbocycles. The summed E-state index contributed by atoms with van der Waals surface area (Å²) in [5.41, 5.74) is 2.65. The molecule has 164 valence electrons. The van der Waals surface area contributed by atoms with Crippen molar-refractivity contribution in [3.8, 4) is 0 Å². The molecule has 0 aliphatic heterocycles. The number of nitrogens with zero attached hydrogens (tertiary/aromatic N) is 5. The third kappa shape index (κ3) is 3.49. The minimum Gasteiger partial charge on any atom is -0.382 e. The minimum atomic E-state index is -0.421. The van der Waals surface area contributed by atoms with E-state index in [4.69, 9.17) is 21.3 Å². The number of rotatable bonds is 7. The summed E-state index contributed by atoms with van der Waals surface area (Å²) < 4.78 is 12.0. The molecule has 9 heteroatoms. The number of hydrogen-bond donors (Lipinski definition) is 0. The molecule has 0 bridgehead atoms. The van der Waals surface area contributed by atoms with Crippen LogP contribution in [0.25, 0.3) is 16.9 Å². The summed E-state index contributed by atoms with van der Waals surface area (Å²) in [5, 5.41) is 0.516. The summed E-state index contributed by atoms with van der Waals surface area (Å²) in [4.78, 5) is 31.2. The largest absolute Gasteiger partial charge is 0.382 e. The molecular weight excluding hydrogens is 418 g/mol. The summed E-state index contributed by atoms with van der Waals surface area (Å²) in [6.07, 6.45) is 0.831. The molecule has 3 heterocycles. The van der Waals surface area contributed by atoms with Crippen LogP contribution in [0.4, 0.5) is 0 Å². The molecule has 0 saturated heterocycles. The third-order valence-electron chi connectivity index (χ3n) is 5.79. The second-order valence-corrected chi connectivity index (χ2v) is 8.02. The number of benzene rings is 1. The molecule has 0 spiro atoms. The summed E-state index contributed by atoms with van der Waals surface area (Å²) in [6.45, 7) is 8.10. The highest BCUT2D eigenvalue weighted by Crippen LogP contribution is 2.21. The lowest BCUT2D eigenvalue weighted by Crippen LogP contribution is -2.39. The first-order valence-electron chi connectivity index (χ1n) is 10.4. The zero-order valence-corrected chi connectivity index (χ0v) is 18.9. The van der Waals surface area contributed by atoms with E-state index in [-0.39, 0.29) is 12.1 Å². The fourth-order valence-electron chi connectivity index (χ4n) is 3.99. The standard InChI is InChI=1S/C22H26ClN5O3/c1-5-31-12-8-11-26-14(2)15(3)28-18-19(24-21(26)28)25(4)22(30)27(20(18)29)13-16-9-6-7-10-17(16)23/h6-7,9-10H,5,8,11-13H2,1-4H3. The molecule has 0 aliphatic carbocycles. The van der Waals surface area contributed by atoms with E-state index in [9.17, 15) is 9.59 Å². The molecule has 0 atom stereocenters. The van der Waals surface area contributed by atoms with E-state index < -0.39 is 5.69 Å². The fraction of sp³-hybridized carbons (Fsp3) is 0.409. The van der Waals surface area contributed by atoms with Gasteiger partial charge in [-0.25, -0.2) is 4.79 Å². The van der Waals surface area contributed by atoms with Crippen LogP contribution in [0.1, 0.15) is 30.3 Å². The first-order chi connectivity index (χ1) is 14.9. The van der Waals surface area contributed by atoms with E-state index in [1.807, 2.05) is 43.4 Å². The SMILES string of the molecule is CCOCCCn1c(C)c(C)n2c3c(=O)n(Cc4ccccc4Cl)c(=O)n(C)c3nc12. The number of imidazole rings is 2. The van der Waals surface area contributed by atoms with Gasteiger partial charge in [-0.3, -0.25) is 18.3 Å². The normalized spacial score (nSPS) is 11.8. The van der Waals surface area contributed by atoms with E-state index in [1.54, 1.807) is 13.1 Å². The molecule has 0 N–H and O–H groups in total. The summed E-state index contributed by atoms with van der Waals surface area (Å²) >= 11 is 6.28. The lowest BCUT2D eigenvalue weighted by Gasteiger charge is -2.10. The maximum Gasteiger partial charge on any atom is 0.332 e. The van der Waals surface area contributed by atoms with Gasteiger partial charge in [0.1, 0.15) is 0 Å². The predicted octanol–water partition coefficient (Wildman–Crippen LogP) is 2.89. The topological polar surface area (TPSA) is 75.5 Å². The van der Waals surface area contributed by atoms with Gasteiger partial charge in [-0.2, -0.15) is 4.98 Å². The number of aryl methyl sites for hydroxylation is 3. The van der Waals surface area contributed by atoms with E-state index in [0.29, 0.717) is 47.3 Å². The maximum absolute atomic E-state index is 13.5. The Labute approximate surface area is 184 Å². The van der Waals surface area contributed by atoms with Crippen LogP contribution in [-0.4, -0.2) is 36.3 Å². The Hall–Kier alpha value is -2.84. The summed E-state index contributed by atoms with van der Waals surface area (Å²) in [7, 11) is 1.64. The van der Waals surface area contributed by atoms with Crippen LogP contribution < -0.4 is 11.2 Å². The minimum absolute atomic E-state index is 0.0987. The smallest absolute Gasteiger partial charge is 0.332 e. The van der Waals surface area contributed by atoms with E-state index in [2.05, 4.69) is 4.57 Å². The average molecular weight is 444 g/mol. The van der Waals surface area contributed by atoms with Crippen molar-refractivity contribution in [2.24, 2.45) is 7.05 Å². The van der Waals surface area contributed by atoms with Gasteiger partial charge in [0.2, 0.25) is 5.78 Å². The van der Waals surface area contributed by atoms with Crippen molar-refractivity contribution in [2.75, 3.05) is 13.2 Å². The third-order valence-corrected chi connectivity index (χ3v) is 6.16. The maximum atomic E-state index is 13.5. The number of ether oxygens (including phenoxy) is 1. The van der Waals surface area contributed by atoms with Crippen LogP contribution in [0, 0.1) is 13.8 Å². The van der Waals surface area contributed by atoms with Gasteiger partial charge in [0.25, 0.3) is 5.56 Å². The molecule has 1 aromatic carbocycles. The van der Waals surface area contributed by atoms with Crippen molar-refractivity contribution in [2.45, 2.75) is 40.3 Å². The molecule has 3 aromatic heterocycles. The summed E-state index contributed by atoms with van der Waals surface area (Å²) in [5.74, 6) is 0.657. The molecule has 31 heavy (non-hydrogen) atoms. The average Bonchev–Trinajstić information content (AvgIpc) is 3.25. The molecule has 8 nitrogen and oxygen atoms in total. The first kappa shape index (κ1) is 21.4. The lowest BCUT2D eigenvalue weighted by molar-refractivity contribution is 0.142. The van der Waals surface area contributed by atoms with E-state index in [0.717, 1.165) is 17.8 Å². The van der Waals surface area contributed by atoms with Crippen molar-refractivity contribution in [3.63, 3.8) is 0 Å². The van der Waals surface area contributed by atoms with Crippen molar-refractivity contribution in [1.82, 2.24) is 23.1 Å². The fourth-order valence-corrected chi connectivity index (χ4v) is 4.18. The van der Waals surface area contributed by atoms with Crippen LogP contribution in [-0.2, 0) is 24.9 Å². The van der Waals surface area contributed by atoms with Gasteiger partial charge >= 0.3 is 5.69 Å². The molecule has 4 rings (SSSR count). The van der Waals surface area contributed by atoms with Gasteiger partial charge in [-0.15, -0.1) is 0 Å². The molecule has 0 radical (unpaired) electrons. The highest BCUT2D eigenvalue weighted by atomic mass is 35.5. The predicted molar refractivity (Wildman–Crippen MR) is 121 cm³/mol. The highest BCUT2D eigenvalue weighted by molar-refractivity contribution is 6.31. The molecule has 0 unspecified atom stereocenters. The van der Waals surface area contributed by atoms with Gasteiger partial charge in [-0.05, 0) is 38.8 Å². The quantitative estimate of drug-likeness (QED) is 0.411. The Morgan fingerprint density at radius 1 is 1.10 bits per heavy atom. The molecular formula is C22H26ClN5O3. The Morgan fingerprint density at radius 2 is 1.84 bits per heavy atom. The van der Waals surface area contributed by atoms with Crippen LogP contribution in [0.5, 0.6) is 0 Å². The molecule has 0 fully saturated rings. The number of hydrogen-bond acceptors (Lipinski definition) is 4. The second kappa shape index (κ2) is 8.36. The van der Waals surface area contributed by atoms with Gasteiger partial charge in [-0.1, -0.05) is 29.8 Å². The van der Waals surface area contributed by atoms with Crippen LogP contribution in [0.3, 0.4) is 0 Å². The monoisotopic (exact) mass is 443 g/mol. The Morgan fingerprint density at radius 3 is 2.55 bits per heavy atom. The molecule has 4 aromatic rings. The Bertz CT molecular complexity index is 1390. The van der Waals surface area contributed by atoms with Gasteiger partial charge in [0.15, 0.2) is 11.2 Å². The zero-order valence-electron chi connectivity index (χ0n) is 18.2. The van der Waals surface area contributed by atoms with E-state index >= 15 is 0 Å². The summed E-state index contributed by atoms with van der Waals surface area (Å²) in [6, 6.07) is 7.21. The van der Waals surface area contributed by atoms with Crippen LogP contribution >= 0.6 is 11.6 Å². The van der Waals surface area contributed by atoms with Crippen LogP contribution in [0.15, 0.2) is 33.9 Å². The zero-order chi connectivity index (χ0) is 22.3. The Balaban J connectivity index is 1.92. The van der Waals surface area contributed by atoms with E-state index in [1.165, 1.54) is 9.13 Å². The highest BCUT2D eigenvalue weighted by Gasteiger charge is 2.22. The number of halogens is 1. The van der Waals surface area contributed by atoms with Crippen molar-refractivity contribution < 1.29 is 4.74 Å². The van der Waals surface area contributed by atoms with Crippen molar-refractivity contribution in [1.29, 1.82) is 0 Å². The Kier molecular flexibility index (Phi) is 5.77. The van der Waals surface area contributed by atoms with Crippen molar-refractivity contribution >= 4 is 28.5 Å². The lowest BCUT2D eigenvalue weighted by atomic mass is 10.2. The number of fused-ring (bicyclic) bond motifs is 3. The van der Waals surface area contributed by atoms with Gasteiger partial charge in [0, 0.05) is 43.2 Å². The number of aromatic nitrogens is 5. The van der Waals surface area contributed by atoms with Crippen molar-refractivity contribution in [3.05, 3.63) is 67.1 Å². The first-order valence-corrected chi connectivity index (χ1v) is 10.7. The molecule has 0 amide bonds.